The minimum atomic E-state index is -4.64. The van der Waals surface area contributed by atoms with Crippen molar-refractivity contribution in [2.75, 3.05) is 11.9 Å². The lowest BCUT2D eigenvalue weighted by molar-refractivity contribution is -0.0511. The van der Waals surface area contributed by atoms with E-state index in [1.807, 2.05) is 30.3 Å². The molecule has 3 heterocycles. The van der Waals surface area contributed by atoms with Gasteiger partial charge in [-0.15, -0.1) is 0 Å². The zero-order valence-corrected chi connectivity index (χ0v) is 16.9. The number of phosphoric acid groups is 1. The van der Waals surface area contributed by atoms with Crippen molar-refractivity contribution in [3.63, 3.8) is 0 Å². The van der Waals surface area contributed by atoms with Crippen molar-refractivity contribution in [3.8, 4) is 0 Å². The van der Waals surface area contributed by atoms with E-state index in [2.05, 4.69) is 20.3 Å². The molecule has 1 saturated heterocycles. The van der Waals surface area contributed by atoms with Gasteiger partial charge in [-0.3, -0.25) is 4.57 Å². The molecule has 0 spiro atoms. The van der Waals surface area contributed by atoms with Crippen LogP contribution in [-0.4, -0.2) is 74.4 Å². The van der Waals surface area contributed by atoms with Crippen LogP contribution >= 0.6 is 7.82 Å². The third-order valence-electron chi connectivity index (χ3n) is 4.45. The van der Waals surface area contributed by atoms with E-state index in [1.165, 1.54) is 17.2 Å². The number of aliphatic hydroxyl groups excluding tert-OH is 3. The standard InChI is InChI=1S/C17H19N5O4.H3O4P/c23-7-11-13(24)14(25)17(26-11)22-9-21-12-15(19-8-20-16(12)22)18-6-10-4-2-1-3-5-10;1-5(2,3)4/h1-5,8-9,11,13-14,17,23-25H,6-7H2,(H,18,19,20);(H3,1,2,3,4)/t11-,13-,14-,17-;/m1./s1. The maximum atomic E-state index is 10.2. The van der Waals surface area contributed by atoms with Crippen molar-refractivity contribution in [2.24, 2.45) is 0 Å². The molecule has 168 valence electrons. The summed E-state index contributed by atoms with van der Waals surface area (Å²) in [5.74, 6) is 0.560. The molecular formula is C17H22N5O8P. The van der Waals surface area contributed by atoms with Crippen LogP contribution in [0, 0.1) is 0 Å². The fraction of sp³-hybridized carbons (Fsp3) is 0.353. The average molecular weight is 455 g/mol. The fourth-order valence-corrected chi connectivity index (χ4v) is 3.06. The number of hydrogen-bond acceptors (Lipinski definition) is 9. The van der Waals surface area contributed by atoms with Crippen LogP contribution in [0.25, 0.3) is 11.2 Å². The van der Waals surface area contributed by atoms with Crippen LogP contribution in [0.15, 0.2) is 43.0 Å². The lowest BCUT2D eigenvalue weighted by Gasteiger charge is -2.16. The van der Waals surface area contributed by atoms with E-state index in [9.17, 15) is 15.3 Å². The highest BCUT2D eigenvalue weighted by molar-refractivity contribution is 7.45. The number of rotatable bonds is 5. The van der Waals surface area contributed by atoms with E-state index in [1.54, 1.807) is 0 Å². The summed E-state index contributed by atoms with van der Waals surface area (Å²) in [6.45, 7) is 0.188. The van der Waals surface area contributed by atoms with Crippen molar-refractivity contribution < 1.29 is 39.3 Å². The molecule has 7 N–H and O–H groups in total. The molecule has 1 aromatic carbocycles. The second kappa shape index (κ2) is 9.77. The first-order valence-corrected chi connectivity index (χ1v) is 10.6. The number of imidazole rings is 1. The Kier molecular flexibility index (Phi) is 7.30. The lowest BCUT2D eigenvalue weighted by Crippen LogP contribution is -2.33. The molecule has 1 fully saturated rings. The van der Waals surface area contributed by atoms with Gasteiger partial charge in [0.15, 0.2) is 23.2 Å². The number of anilines is 1. The van der Waals surface area contributed by atoms with E-state index in [-0.39, 0.29) is 6.61 Å². The predicted octanol–water partition coefficient (Wildman–Crippen LogP) is -0.879. The lowest BCUT2D eigenvalue weighted by atomic mass is 10.1. The van der Waals surface area contributed by atoms with Gasteiger partial charge in [0.05, 0.1) is 12.9 Å². The highest BCUT2D eigenvalue weighted by Crippen LogP contribution is 2.32. The Morgan fingerprint density at radius 2 is 1.74 bits per heavy atom. The topological polar surface area (TPSA) is 203 Å². The molecule has 3 aromatic rings. The van der Waals surface area contributed by atoms with Crippen molar-refractivity contribution in [2.45, 2.75) is 31.1 Å². The van der Waals surface area contributed by atoms with Crippen LogP contribution in [0.2, 0.25) is 0 Å². The van der Waals surface area contributed by atoms with Gasteiger partial charge in [-0.1, -0.05) is 30.3 Å². The number of fused-ring (bicyclic) bond motifs is 1. The molecule has 1 aliphatic heterocycles. The van der Waals surface area contributed by atoms with Crippen LogP contribution in [0.1, 0.15) is 11.8 Å². The molecule has 0 saturated carbocycles. The molecule has 14 heteroatoms. The van der Waals surface area contributed by atoms with E-state index < -0.39 is 32.4 Å². The Morgan fingerprint density at radius 3 is 2.35 bits per heavy atom. The molecule has 4 atom stereocenters. The third-order valence-corrected chi connectivity index (χ3v) is 4.45. The number of hydrogen-bond donors (Lipinski definition) is 7. The first-order chi connectivity index (χ1) is 14.7. The molecule has 31 heavy (non-hydrogen) atoms. The second-order valence-corrected chi connectivity index (χ2v) is 7.65. The van der Waals surface area contributed by atoms with E-state index in [0.29, 0.717) is 23.5 Å². The first kappa shape index (κ1) is 23.2. The Balaban J connectivity index is 0.000000491. The van der Waals surface area contributed by atoms with Crippen LogP contribution in [-0.2, 0) is 15.8 Å². The van der Waals surface area contributed by atoms with E-state index in [4.69, 9.17) is 24.0 Å². The number of aromatic nitrogens is 4. The zero-order chi connectivity index (χ0) is 22.6. The summed E-state index contributed by atoms with van der Waals surface area (Å²) < 4.78 is 16.0. The van der Waals surface area contributed by atoms with Gasteiger partial charge >= 0.3 is 7.82 Å². The maximum absolute atomic E-state index is 10.2. The van der Waals surface area contributed by atoms with Crippen molar-refractivity contribution in [1.82, 2.24) is 19.5 Å². The Morgan fingerprint density at radius 1 is 1.06 bits per heavy atom. The molecule has 0 radical (unpaired) electrons. The van der Waals surface area contributed by atoms with Gasteiger partial charge in [-0.25, -0.2) is 19.5 Å². The molecule has 13 nitrogen and oxygen atoms in total. The third kappa shape index (κ3) is 5.81. The largest absolute Gasteiger partial charge is 0.466 e. The molecule has 2 aromatic heterocycles. The summed E-state index contributed by atoms with van der Waals surface area (Å²) >= 11 is 0. The van der Waals surface area contributed by atoms with Crippen LogP contribution in [0.3, 0.4) is 0 Å². The minimum Gasteiger partial charge on any atom is -0.394 e. The van der Waals surface area contributed by atoms with Crippen LogP contribution in [0.4, 0.5) is 5.82 Å². The van der Waals surface area contributed by atoms with E-state index >= 15 is 0 Å². The molecule has 4 rings (SSSR count). The van der Waals surface area contributed by atoms with Gasteiger partial charge in [0, 0.05) is 6.54 Å². The monoisotopic (exact) mass is 455 g/mol. The number of ether oxygens (including phenoxy) is 1. The van der Waals surface area contributed by atoms with Gasteiger partial charge in [0.2, 0.25) is 0 Å². The van der Waals surface area contributed by atoms with Gasteiger partial charge in [-0.05, 0) is 5.56 Å². The van der Waals surface area contributed by atoms with Crippen LogP contribution in [0.5, 0.6) is 0 Å². The van der Waals surface area contributed by atoms with Gasteiger partial charge < -0.3 is 40.1 Å². The zero-order valence-electron chi connectivity index (χ0n) is 16.0. The van der Waals surface area contributed by atoms with Crippen molar-refractivity contribution in [3.05, 3.63) is 48.5 Å². The quantitative estimate of drug-likeness (QED) is 0.234. The van der Waals surface area contributed by atoms with Crippen LogP contribution < -0.4 is 5.32 Å². The Bertz CT molecular complexity index is 1040. The minimum absolute atomic E-state index is 0.389. The van der Waals surface area contributed by atoms with Crippen molar-refractivity contribution in [1.29, 1.82) is 0 Å². The summed E-state index contributed by atoms with van der Waals surface area (Å²) in [4.78, 5) is 34.4. The van der Waals surface area contributed by atoms with Crippen molar-refractivity contribution >= 4 is 24.8 Å². The van der Waals surface area contributed by atoms with Gasteiger partial charge in [-0.2, -0.15) is 0 Å². The molecule has 0 aliphatic carbocycles. The molecule has 0 amide bonds. The predicted molar refractivity (Wildman–Crippen MR) is 106 cm³/mol. The molecule has 0 unspecified atom stereocenters. The summed E-state index contributed by atoms with van der Waals surface area (Å²) in [6.07, 6.45) is -1.24. The Hall–Kier alpha value is -2.48. The summed E-state index contributed by atoms with van der Waals surface area (Å²) in [5, 5.41) is 32.6. The smallest absolute Gasteiger partial charge is 0.394 e. The summed E-state index contributed by atoms with van der Waals surface area (Å²) in [7, 11) is -4.64. The number of nitrogens with zero attached hydrogens (tertiary/aromatic N) is 4. The summed E-state index contributed by atoms with van der Waals surface area (Å²) in [5.41, 5.74) is 2.09. The van der Waals surface area contributed by atoms with E-state index in [0.717, 1.165) is 5.56 Å². The first-order valence-electron chi connectivity index (χ1n) is 9.05. The number of nitrogens with one attached hydrogen (secondary N) is 1. The molecular weight excluding hydrogens is 433 g/mol. The fourth-order valence-electron chi connectivity index (χ4n) is 3.06. The number of aliphatic hydroxyl groups is 3. The summed E-state index contributed by atoms with van der Waals surface area (Å²) in [6, 6.07) is 9.88. The highest BCUT2D eigenvalue weighted by atomic mass is 31.2. The number of benzene rings is 1. The Labute approximate surface area is 175 Å². The highest BCUT2D eigenvalue weighted by Gasteiger charge is 2.44. The SMILES string of the molecule is O=P(O)(O)O.OC[C@H]1O[C@@H](n2cnc3c(NCc4ccccc4)ncnc32)[C@H](O)[C@@H]1O. The van der Waals surface area contributed by atoms with Gasteiger partial charge in [0.25, 0.3) is 0 Å². The molecule has 0 bridgehead atoms. The maximum Gasteiger partial charge on any atom is 0.466 e. The van der Waals surface area contributed by atoms with Gasteiger partial charge in [0.1, 0.15) is 24.6 Å². The second-order valence-electron chi connectivity index (χ2n) is 6.63. The normalized spacial score (nSPS) is 23.4. The average Bonchev–Trinajstić information content (AvgIpc) is 3.27. The molecule has 1 aliphatic rings.